The molecule has 1 fully saturated rings. The van der Waals surface area contributed by atoms with E-state index >= 15 is 0 Å². The molecule has 1 aliphatic heterocycles. The van der Waals surface area contributed by atoms with E-state index in [0.717, 1.165) is 0 Å². The number of methoxy groups -OCH3 is 1. The van der Waals surface area contributed by atoms with Gasteiger partial charge in [0.05, 0.1) is 19.3 Å². The number of amides is 1. The minimum absolute atomic E-state index is 0.0317. The molecule has 9 nitrogen and oxygen atoms in total. The molecule has 4 rings (SSSR count). The fraction of sp³-hybridized carbons (Fsp3) is 0.421. The van der Waals surface area contributed by atoms with Gasteiger partial charge in [0.25, 0.3) is 11.8 Å². The van der Waals surface area contributed by atoms with Crippen molar-refractivity contribution in [2.75, 3.05) is 20.2 Å². The molecular weight excluding hydrogens is 379 g/mol. The van der Waals surface area contributed by atoms with E-state index in [0.29, 0.717) is 36.9 Å². The van der Waals surface area contributed by atoms with Crippen molar-refractivity contribution in [1.82, 2.24) is 30.0 Å². The minimum Gasteiger partial charge on any atom is -0.494 e. The van der Waals surface area contributed by atoms with Crippen LogP contribution in [0.25, 0.3) is 11.6 Å². The van der Waals surface area contributed by atoms with Gasteiger partial charge < -0.3 is 14.2 Å². The van der Waals surface area contributed by atoms with E-state index < -0.39 is 5.82 Å². The molecule has 1 aliphatic rings. The van der Waals surface area contributed by atoms with E-state index in [1.807, 2.05) is 13.8 Å². The summed E-state index contributed by atoms with van der Waals surface area (Å²) in [7, 11) is 1.38. The first kappa shape index (κ1) is 19.0. The molecule has 1 atom stereocenters. The van der Waals surface area contributed by atoms with E-state index in [-0.39, 0.29) is 29.2 Å². The molecule has 1 aromatic carbocycles. The molecule has 3 aromatic rings. The van der Waals surface area contributed by atoms with Gasteiger partial charge in [-0.15, -0.1) is 5.10 Å². The number of hydrogen-bond acceptors (Lipinski definition) is 7. The molecule has 1 amide bonds. The lowest BCUT2D eigenvalue weighted by molar-refractivity contribution is 0.0786. The van der Waals surface area contributed by atoms with Gasteiger partial charge in [-0.2, -0.15) is 4.98 Å². The van der Waals surface area contributed by atoms with Crippen molar-refractivity contribution in [2.45, 2.75) is 32.2 Å². The Bertz CT molecular complexity index is 1030. The number of benzene rings is 1. The zero-order valence-corrected chi connectivity index (χ0v) is 16.4. The number of carbonyl (C=O) groups excluding carboxylic acids is 1. The number of likely N-dealkylation sites (tertiary alicyclic amines) is 1. The van der Waals surface area contributed by atoms with Gasteiger partial charge in [-0.25, -0.2) is 9.07 Å². The van der Waals surface area contributed by atoms with Crippen LogP contribution in [0.2, 0.25) is 0 Å². The van der Waals surface area contributed by atoms with Gasteiger partial charge in [0.1, 0.15) is 0 Å². The zero-order chi connectivity index (χ0) is 20.5. The second-order valence-electron chi connectivity index (χ2n) is 7.24. The van der Waals surface area contributed by atoms with Gasteiger partial charge in [0, 0.05) is 24.6 Å². The fourth-order valence-corrected chi connectivity index (χ4v) is 3.25. The van der Waals surface area contributed by atoms with Crippen LogP contribution in [0.5, 0.6) is 5.75 Å². The smallest absolute Gasteiger partial charge is 0.280 e. The number of ether oxygens (including phenoxy) is 1. The SMILES string of the molecule is COc1ccc(C(=O)N2CC[C@@H](n3cc(-c4nc(C(C)C)no4)nn3)C2)cc1F. The molecule has 1 saturated heterocycles. The topological polar surface area (TPSA) is 99.2 Å². The van der Waals surface area contributed by atoms with Crippen molar-refractivity contribution in [3.63, 3.8) is 0 Å². The van der Waals surface area contributed by atoms with Gasteiger partial charge in [0.15, 0.2) is 23.1 Å². The lowest BCUT2D eigenvalue weighted by atomic mass is 10.2. The lowest BCUT2D eigenvalue weighted by Crippen LogP contribution is -2.29. The number of aromatic nitrogens is 5. The van der Waals surface area contributed by atoms with Crippen LogP contribution in [0.3, 0.4) is 0 Å². The summed E-state index contributed by atoms with van der Waals surface area (Å²) >= 11 is 0. The Kier molecular flexibility index (Phi) is 4.99. The van der Waals surface area contributed by atoms with Gasteiger partial charge >= 0.3 is 0 Å². The number of nitrogens with zero attached hydrogens (tertiary/aromatic N) is 6. The number of rotatable bonds is 5. The van der Waals surface area contributed by atoms with Crippen molar-refractivity contribution in [1.29, 1.82) is 0 Å². The van der Waals surface area contributed by atoms with Crippen LogP contribution >= 0.6 is 0 Å². The molecule has 0 saturated carbocycles. The third-order valence-corrected chi connectivity index (χ3v) is 4.91. The Balaban J connectivity index is 1.45. The third kappa shape index (κ3) is 3.69. The first-order valence-electron chi connectivity index (χ1n) is 9.35. The molecule has 2 aromatic heterocycles. The standard InChI is InChI=1S/C19H21FN6O3/c1-11(2)17-21-18(29-23-17)15-10-26(24-22-15)13-6-7-25(9-13)19(27)12-4-5-16(28-3)14(20)8-12/h4-5,8,10-11,13H,6-7,9H2,1-3H3/t13-/m1/s1. The third-order valence-electron chi connectivity index (χ3n) is 4.91. The van der Waals surface area contributed by atoms with Crippen LogP contribution in [0.1, 0.15) is 48.4 Å². The summed E-state index contributed by atoms with van der Waals surface area (Å²) in [6, 6.07) is 4.18. The highest BCUT2D eigenvalue weighted by molar-refractivity contribution is 5.94. The second-order valence-corrected chi connectivity index (χ2v) is 7.24. The van der Waals surface area contributed by atoms with Crippen molar-refractivity contribution in [3.05, 3.63) is 41.6 Å². The molecule has 0 unspecified atom stereocenters. The quantitative estimate of drug-likeness (QED) is 0.649. The molecule has 0 bridgehead atoms. The Morgan fingerprint density at radius 2 is 2.21 bits per heavy atom. The summed E-state index contributed by atoms with van der Waals surface area (Å²) < 4.78 is 25.8. The van der Waals surface area contributed by atoms with Crippen LogP contribution < -0.4 is 4.74 Å². The number of halogens is 1. The maximum Gasteiger partial charge on any atom is 0.280 e. The zero-order valence-electron chi connectivity index (χ0n) is 16.4. The molecular formula is C19H21FN6O3. The van der Waals surface area contributed by atoms with Crippen molar-refractivity contribution in [2.24, 2.45) is 0 Å². The van der Waals surface area contributed by atoms with Crippen LogP contribution in [-0.2, 0) is 0 Å². The highest BCUT2D eigenvalue weighted by Gasteiger charge is 2.30. The number of hydrogen-bond donors (Lipinski definition) is 0. The van der Waals surface area contributed by atoms with E-state index in [1.54, 1.807) is 21.8 Å². The number of carbonyl (C=O) groups is 1. The van der Waals surface area contributed by atoms with Crippen LogP contribution in [0, 0.1) is 5.82 Å². The first-order valence-corrected chi connectivity index (χ1v) is 9.35. The molecule has 29 heavy (non-hydrogen) atoms. The summed E-state index contributed by atoms with van der Waals surface area (Å²) in [4.78, 5) is 18.7. The summed E-state index contributed by atoms with van der Waals surface area (Å²) in [6.07, 6.45) is 2.46. The molecule has 10 heteroatoms. The molecule has 3 heterocycles. The summed E-state index contributed by atoms with van der Waals surface area (Å²) in [5.74, 6) is 0.402. The molecule has 0 aliphatic carbocycles. The van der Waals surface area contributed by atoms with Gasteiger partial charge in [-0.1, -0.05) is 24.2 Å². The van der Waals surface area contributed by atoms with Crippen molar-refractivity contribution in [3.8, 4) is 17.3 Å². The normalized spacial score (nSPS) is 16.6. The monoisotopic (exact) mass is 400 g/mol. The van der Waals surface area contributed by atoms with E-state index in [1.165, 1.54) is 19.2 Å². The van der Waals surface area contributed by atoms with Crippen LogP contribution in [0.4, 0.5) is 4.39 Å². The molecule has 0 radical (unpaired) electrons. The largest absolute Gasteiger partial charge is 0.494 e. The second kappa shape index (κ2) is 7.61. The van der Waals surface area contributed by atoms with Gasteiger partial charge in [-0.3, -0.25) is 4.79 Å². The Labute approximate surface area is 166 Å². The minimum atomic E-state index is -0.560. The highest BCUT2D eigenvalue weighted by atomic mass is 19.1. The average Bonchev–Trinajstić information content (AvgIpc) is 3.46. The first-order chi connectivity index (χ1) is 14.0. The summed E-state index contributed by atoms with van der Waals surface area (Å²) in [5.41, 5.74) is 0.779. The Morgan fingerprint density at radius 1 is 1.38 bits per heavy atom. The summed E-state index contributed by atoms with van der Waals surface area (Å²) in [6.45, 7) is 4.95. The fourth-order valence-electron chi connectivity index (χ4n) is 3.25. The maximum absolute atomic E-state index is 13.9. The Morgan fingerprint density at radius 3 is 2.90 bits per heavy atom. The molecule has 0 spiro atoms. The molecule has 0 N–H and O–H groups in total. The average molecular weight is 400 g/mol. The van der Waals surface area contributed by atoms with E-state index in [9.17, 15) is 9.18 Å². The van der Waals surface area contributed by atoms with E-state index in [4.69, 9.17) is 9.26 Å². The van der Waals surface area contributed by atoms with Crippen molar-refractivity contribution >= 4 is 5.91 Å². The van der Waals surface area contributed by atoms with E-state index in [2.05, 4.69) is 20.5 Å². The summed E-state index contributed by atoms with van der Waals surface area (Å²) in [5, 5.41) is 12.2. The predicted molar refractivity (Wildman–Crippen MR) is 99.9 cm³/mol. The maximum atomic E-state index is 13.9. The predicted octanol–water partition coefficient (Wildman–Crippen LogP) is 2.69. The Hall–Kier alpha value is -3.30. The van der Waals surface area contributed by atoms with Gasteiger partial charge in [-0.05, 0) is 24.6 Å². The van der Waals surface area contributed by atoms with Crippen LogP contribution in [-0.4, -0.2) is 56.1 Å². The highest BCUT2D eigenvalue weighted by Crippen LogP contribution is 2.26. The van der Waals surface area contributed by atoms with Crippen molar-refractivity contribution < 1.29 is 18.4 Å². The van der Waals surface area contributed by atoms with Gasteiger partial charge in [0.2, 0.25) is 0 Å². The van der Waals surface area contributed by atoms with Crippen LogP contribution in [0.15, 0.2) is 28.9 Å². The lowest BCUT2D eigenvalue weighted by Gasteiger charge is -2.17. The molecule has 152 valence electrons.